The first-order valence-corrected chi connectivity index (χ1v) is 7.13. The van der Waals surface area contributed by atoms with Gasteiger partial charge in [-0.3, -0.25) is 0 Å². The van der Waals surface area contributed by atoms with Crippen LogP contribution in [0.4, 0.5) is 0 Å². The van der Waals surface area contributed by atoms with Crippen LogP contribution in [0, 0.1) is 11.8 Å². The number of hydrogen-bond donors (Lipinski definition) is 1. The van der Waals surface area contributed by atoms with Crippen molar-refractivity contribution < 1.29 is 0 Å². The van der Waals surface area contributed by atoms with Gasteiger partial charge in [-0.25, -0.2) is 0 Å². The highest BCUT2D eigenvalue weighted by molar-refractivity contribution is 4.85. The zero-order valence-corrected chi connectivity index (χ0v) is 11.4. The van der Waals surface area contributed by atoms with Gasteiger partial charge in [0.25, 0.3) is 0 Å². The molecule has 0 amide bonds. The third kappa shape index (κ3) is 4.06. The summed E-state index contributed by atoms with van der Waals surface area (Å²) in [5, 5.41) is 0. The molecule has 0 aromatic heterocycles. The van der Waals surface area contributed by atoms with Crippen molar-refractivity contribution in [1.82, 2.24) is 4.90 Å². The Balaban J connectivity index is 2.34. The molecule has 1 aliphatic rings. The van der Waals surface area contributed by atoms with Crippen molar-refractivity contribution in [3.63, 3.8) is 0 Å². The van der Waals surface area contributed by atoms with Crippen LogP contribution in [0.1, 0.15) is 52.9 Å². The Kier molecular flexibility index (Phi) is 6.37. The van der Waals surface area contributed by atoms with Crippen molar-refractivity contribution in [2.24, 2.45) is 17.6 Å². The van der Waals surface area contributed by atoms with E-state index in [0.29, 0.717) is 0 Å². The van der Waals surface area contributed by atoms with Crippen molar-refractivity contribution in [3.8, 4) is 0 Å². The van der Waals surface area contributed by atoms with Crippen molar-refractivity contribution in [2.45, 2.75) is 58.9 Å². The van der Waals surface area contributed by atoms with E-state index in [1.807, 2.05) is 0 Å². The summed E-state index contributed by atoms with van der Waals surface area (Å²) in [6.07, 6.45) is 6.81. The molecule has 1 saturated carbocycles. The molecule has 0 saturated heterocycles. The largest absolute Gasteiger partial charge is 0.330 e. The highest BCUT2D eigenvalue weighted by Gasteiger charge is 2.29. The molecule has 2 heteroatoms. The third-order valence-electron chi connectivity index (χ3n) is 4.02. The highest BCUT2D eigenvalue weighted by Crippen LogP contribution is 2.29. The molecule has 0 aromatic rings. The molecule has 1 aliphatic carbocycles. The third-order valence-corrected chi connectivity index (χ3v) is 4.02. The highest BCUT2D eigenvalue weighted by atomic mass is 15.2. The number of hydrogen-bond acceptors (Lipinski definition) is 2. The van der Waals surface area contributed by atoms with Gasteiger partial charge in [-0.05, 0) is 57.2 Å². The second kappa shape index (κ2) is 7.29. The molecule has 2 N–H and O–H groups in total. The van der Waals surface area contributed by atoms with Crippen molar-refractivity contribution in [2.75, 3.05) is 19.6 Å². The summed E-state index contributed by atoms with van der Waals surface area (Å²) < 4.78 is 0. The van der Waals surface area contributed by atoms with Crippen molar-refractivity contribution >= 4 is 0 Å². The van der Waals surface area contributed by atoms with Gasteiger partial charge in [0.15, 0.2) is 0 Å². The topological polar surface area (TPSA) is 29.3 Å². The first kappa shape index (κ1) is 14.0. The van der Waals surface area contributed by atoms with E-state index in [1.165, 1.54) is 45.2 Å². The Morgan fingerprint density at radius 3 is 2.62 bits per heavy atom. The van der Waals surface area contributed by atoms with Crippen LogP contribution in [0.5, 0.6) is 0 Å². The van der Waals surface area contributed by atoms with Crippen molar-refractivity contribution in [3.05, 3.63) is 0 Å². The molecule has 96 valence electrons. The fourth-order valence-electron chi connectivity index (χ4n) is 3.03. The van der Waals surface area contributed by atoms with E-state index in [2.05, 4.69) is 25.7 Å². The lowest BCUT2D eigenvalue weighted by Gasteiger charge is -2.32. The monoisotopic (exact) mass is 226 g/mol. The average molecular weight is 226 g/mol. The van der Waals surface area contributed by atoms with E-state index in [9.17, 15) is 0 Å². The van der Waals surface area contributed by atoms with Crippen LogP contribution in [-0.4, -0.2) is 30.6 Å². The minimum Gasteiger partial charge on any atom is -0.330 e. The number of nitrogens with two attached hydrogens (primary N) is 1. The number of rotatable bonds is 7. The average Bonchev–Trinajstić information content (AvgIpc) is 2.72. The predicted molar refractivity (Wildman–Crippen MR) is 71.5 cm³/mol. The van der Waals surface area contributed by atoms with Crippen LogP contribution in [0.3, 0.4) is 0 Å². The molecule has 1 fully saturated rings. The Morgan fingerprint density at radius 1 is 1.31 bits per heavy atom. The van der Waals surface area contributed by atoms with Crippen LogP contribution in [0.15, 0.2) is 0 Å². The standard InChI is InChI=1S/C14H30N2/c1-4-16(10-6-7-12(2)3)14-9-5-8-13(14)11-15/h12-14H,4-11,15H2,1-3H3. The molecule has 2 atom stereocenters. The Labute approximate surface area is 102 Å². The van der Waals surface area contributed by atoms with E-state index < -0.39 is 0 Å². The molecule has 2 unspecified atom stereocenters. The molecule has 0 spiro atoms. The molecule has 16 heavy (non-hydrogen) atoms. The Bertz CT molecular complexity index is 180. The summed E-state index contributed by atoms with van der Waals surface area (Å²) in [7, 11) is 0. The maximum absolute atomic E-state index is 5.87. The van der Waals surface area contributed by atoms with Gasteiger partial charge >= 0.3 is 0 Å². The van der Waals surface area contributed by atoms with Gasteiger partial charge in [-0.2, -0.15) is 0 Å². The van der Waals surface area contributed by atoms with Gasteiger partial charge in [-0.1, -0.05) is 27.2 Å². The van der Waals surface area contributed by atoms with E-state index in [-0.39, 0.29) is 0 Å². The zero-order valence-electron chi connectivity index (χ0n) is 11.4. The van der Waals surface area contributed by atoms with Gasteiger partial charge in [0.1, 0.15) is 0 Å². The fraction of sp³-hybridized carbons (Fsp3) is 1.00. The van der Waals surface area contributed by atoms with E-state index in [1.54, 1.807) is 0 Å². The summed E-state index contributed by atoms with van der Waals surface area (Å²) >= 11 is 0. The van der Waals surface area contributed by atoms with Gasteiger partial charge in [-0.15, -0.1) is 0 Å². The van der Waals surface area contributed by atoms with Gasteiger partial charge in [0.2, 0.25) is 0 Å². The Hall–Kier alpha value is -0.0800. The summed E-state index contributed by atoms with van der Waals surface area (Å²) in [4.78, 5) is 2.67. The summed E-state index contributed by atoms with van der Waals surface area (Å²) in [6, 6.07) is 0.780. The fourth-order valence-corrected chi connectivity index (χ4v) is 3.03. The molecular formula is C14H30N2. The van der Waals surface area contributed by atoms with Crippen LogP contribution >= 0.6 is 0 Å². The minimum absolute atomic E-state index is 0.763. The molecule has 0 aromatic carbocycles. The minimum atomic E-state index is 0.763. The molecule has 0 radical (unpaired) electrons. The van der Waals surface area contributed by atoms with Gasteiger partial charge in [0.05, 0.1) is 0 Å². The predicted octanol–water partition coefficient (Wildman–Crippen LogP) is 2.87. The van der Waals surface area contributed by atoms with E-state index >= 15 is 0 Å². The van der Waals surface area contributed by atoms with Crippen molar-refractivity contribution in [1.29, 1.82) is 0 Å². The molecule has 0 heterocycles. The molecule has 1 rings (SSSR count). The van der Waals surface area contributed by atoms with Gasteiger partial charge < -0.3 is 10.6 Å². The smallest absolute Gasteiger partial charge is 0.0135 e. The SMILES string of the molecule is CCN(CCCC(C)C)C1CCCC1CN. The van der Waals surface area contributed by atoms with E-state index in [0.717, 1.165) is 24.4 Å². The second-order valence-electron chi connectivity index (χ2n) is 5.66. The molecule has 0 bridgehead atoms. The quantitative estimate of drug-likeness (QED) is 0.723. The van der Waals surface area contributed by atoms with E-state index in [4.69, 9.17) is 5.73 Å². The molecular weight excluding hydrogens is 196 g/mol. The first-order chi connectivity index (χ1) is 7.69. The van der Waals surface area contributed by atoms with Crippen LogP contribution in [-0.2, 0) is 0 Å². The van der Waals surface area contributed by atoms with Crippen LogP contribution in [0.25, 0.3) is 0 Å². The lowest BCUT2D eigenvalue weighted by molar-refractivity contribution is 0.165. The lowest BCUT2D eigenvalue weighted by Crippen LogP contribution is -2.40. The normalized spacial score (nSPS) is 25.9. The summed E-state index contributed by atoms with van der Waals surface area (Å²) in [5.41, 5.74) is 5.87. The molecule has 2 nitrogen and oxygen atoms in total. The Morgan fingerprint density at radius 2 is 2.06 bits per heavy atom. The summed E-state index contributed by atoms with van der Waals surface area (Å²) in [6.45, 7) is 10.3. The van der Waals surface area contributed by atoms with Gasteiger partial charge in [0, 0.05) is 6.04 Å². The lowest BCUT2D eigenvalue weighted by atomic mass is 10.0. The van der Waals surface area contributed by atoms with Crippen LogP contribution < -0.4 is 5.73 Å². The number of nitrogens with zero attached hydrogens (tertiary/aromatic N) is 1. The molecule has 0 aliphatic heterocycles. The second-order valence-corrected chi connectivity index (χ2v) is 5.66. The maximum atomic E-state index is 5.87. The zero-order chi connectivity index (χ0) is 12.0. The first-order valence-electron chi connectivity index (χ1n) is 7.13. The maximum Gasteiger partial charge on any atom is 0.0135 e. The summed E-state index contributed by atoms with van der Waals surface area (Å²) in [5.74, 6) is 1.60. The van der Waals surface area contributed by atoms with Crippen LogP contribution in [0.2, 0.25) is 0 Å².